The van der Waals surface area contributed by atoms with Gasteiger partial charge in [0.2, 0.25) is 17.6 Å². The van der Waals surface area contributed by atoms with Gasteiger partial charge in [0, 0.05) is 7.05 Å². The second kappa shape index (κ2) is 7.99. The van der Waals surface area contributed by atoms with Gasteiger partial charge in [-0.3, -0.25) is 9.48 Å². The van der Waals surface area contributed by atoms with Crippen LogP contribution in [0.1, 0.15) is 27.9 Å². The molecule has 0 saturated carbocycles. The number of esters is 1. The lowest BCUT2D eigenvalue weighted by Crippen LogP contribution is -2.34. The normalized spacial score (nSPS) is 11.0. The summed E-state index contributed by atoms with van der Waals surface area (Å²) in [5.41, 5.74) is -0.316. The quantitative estimate of drug-likeness (QED) is 0.604. The van der Waals surface area contributed by atoms with Crippen LogP contribution in [0.2, 0.25) is 0 Å². The van der Waals surface area contributed by atoms with Crippen LogP contribution in [-0.2, 0) is 21.8 Å². The molecule has 27 heavy (non-hydrogen) atoms. The highest BCUT2D eigenvalue weighted by Crippen LogP contribution is 2.18. The van der Waals surface area contributed by atoms with Gasteiger partial charge in [0.25, 0.3) is 10.0 Å². The molecule has 0 bridgehead atoms. The molecule has 0 aliphatic carbocycles. The average molecular weight is 399 g/mol. The fourth-order valence-electron chi connectivity index (χ4n) is 2.02. The number of carbonyl (C=O) groups is 2. The van der Waals surface area contributed by atoms with E-state index in [0.29, 0.717) is 0 Å². The molecule has 12 nitrogen and oxygen atoms in total. The van der Waals surface area contributed by atoms with E-state index in [0.717, 1.165) is 10.9 Å². The van der Waals surface area contributed by atoms with Gasteiger partial charge < -0.3 is 14.2 Å². The molecule has 2 aromatic rings. The van der Waals surface area contributed by atoms with Crippen molar-refractivity contribution in [3.05, 3.63) is 23.7 Å². The maximum atomic E-state index is 12.6. The van der Waals surface area contributed by atoms with Crippen molar-refractivity contribution in [2.45, 2.75) is 11.9 Å². The smallest absolute Gasteiger partial charge is 0.342 e. The Morgan fingerprint density at radius 2 is 1.78 bits per heavy atom. The summed E-state index contributed by atoms with van der Waals surface area (Å²) in [6.45, 7) is 1.61. The Morgan fingerprint density at radius 3 is 2.30 bits per heavy atom. The molecule has 0 aromatic carbocycles. The van der Waals surface area contributed by atoms with Crippen LogP contribution in [0.5, 0.6) is 11.8 Å². The zero-order chi connectivity index (χ0) is 20.2. The number of hydrogen-bond acceptors (Lipinski definition) is 10. The third kappa shape index (κ3) is 4.31. The van der Waals surface area contributed by atoms with Crippen molar-refractivity contribution in [1.29, 1.82) is 0 Å². The Morgan fingerprint density at radius 1 is 1.19 bits per heavy atom. The number of ether oxygens (including phenoxy) is 3. The monoisotopic (exact) mass is 399 g/mol. The number of sulfonamides is 1. The number of aromatic nitrogens is 4. The lowest BCUT2D eigenvalue weighted by molar-refractivity contribution is 0.0521. The van der Waals surface area contributed by atoms with Crippen molar-refractivity contribution < 1.29 is 32.2 Å². The first-order chi connectivity index (χ1) is 12.7. The zero-order valence-electron chi connectivity index (χ0n) is 14.9. The predicted octanol–water partition coefficient (Wildman–Crippen LogP) is -0.477. The van der Waals surface area contributed by atoms with Crippen molar-refractivity contribution in [3.8, 4) is 11.8 Å². The van der Waals surface area contributed by atoms with Gasteiger partial charge in [-0.2, -0.15) is 23.5 Å². The second-order valence-electron chi connectivity index (χ2n) is 4.92. The van der Waals surface area contributed by atoms with Crippen LogP contribution >= 0.6 is 0 Å². The second-order valence-corrected chi connectivity index (χ2v) is 6.52. The Balaban J connectivity index is 2.39. The van der Waals surface area contributed by atoms with Crippen molar-refractivity contribution in [2.24, 2.45) is 7.05 Å². The summed E-state index contributed by atoms with van der Waals surface area (Å²) >= 11 is 0. The van der Waals surface area contributed by atoms with Crippen LogP contribution in [0.4, 0.5) is 0 Å². The fraction of sp³-hybridized carbons (Fsp3) is 0.357. The SMILES string of the molecule is CCOC(=O)c1cnn(C)c1S(=O)(=O)NC(=O)c1nc(OC)cc(OC)n1. The Hall–Kier alpha value is -3.22. The van der Waals surface area contributed by atoms with E-state index in [-0.39, 0.29) is 23.9 Å². The minimum absolute atomic E-state index is 0.00264. The van der Waals surface area contributed by atoms with Gasteiger partial charge >= 0.3 is 11.9 Å². The van der Waals surface area contributed by atoms with Crippen molar-refractivity contribution in [2.75, 3.05) is 20.8 Å². The Kier molecular flexibility index (Phi) is 5.95. The molecule has 0 atom stereocenters. The van der Waals surface area contributed by atoms with Crippen molar-refractivity contribution in [3.63, 3.8) is 0 Å². The molecule has 2 heterocycles. The summed E-state index contributed by atoms with van der Waals surface area (Å²) in [7, 11) is -0.577. The van der Waals surface area contributed by atoms with Crippen molar-refractivity contribution >= 4 is 21.9 Å². The summed E-state index contributed by atoms with van der Waals surface area (Å²) in [4.78, 5) is 31.8. The van der Waals surface area contributed by atoms with Crippen LogP contribution in [0.3, 0.4) is 0 Å². The molecule has 0 spiro atoms. The van der Waals surface area contributed by atoms with Gasteiger partial charge in [-0.1, -0.05) is 0 Å². The fourth-order valence-corrected chi connectivity index (χ4v) is 3.28. The largest absolute Gasteiger partial charge is 0.481 e. The molecule has 13 heteroatoms. The molecule has 0 saturated heterocycles. The van der Waals surface area contributed by atoms with Crippen LogP contribution in [-0.4, -0.2) is 60.9 Å². The summed E-state index contributed by atoms with van der Waals surface area (Å²) in [6, 6.07) is 1.31. The number of nitrogens with zero attached hydrogens (tertiary/aromatic N) is 4. The Labute approximate surface area is 154 Å². The summed E-state index contributed by atoms with van der Waals surface area (Å²) in [5.74, 6) is -2.55. The lowest BCUT2D eigenvalue weighted by atomic mass is 10.4. The van der Waals surface area contributed by atoms with Gasteiger partial charge in [0.05, 0.1) is 33.1 Å². The van der Waals surface area contributed by atoms with E-state index in [1.54, 1.807) is 11.6 Å². The van der Waals surface area contributed by atoms with E-state index in [1.165, 1.54) is 27.3 Å². The van der Waals surface area contributed by atoms with Gasteiger partial charge in [0.15, 0.2) is 5.03 Å². The number of amides is 1. The molecular weight excluding hydrogens is 382 g/mol. The van der Waals surface area contributed by atoms with Gasteiger partial charge in [-0.25, -0.2) is 9.52 Å². The molecule has 0 aliphatic heterocycles. The highest BCUT2D eigenvalue weighted by atomic mass is 32.2. The molecule has 1 amide bonds. The average Bonchev–Trinajstić information content (AvgIpc) is 3.03. The molecule has 2 aromatic heterocycles. The first-order valence-corrected chi connectivity index (χ1v) is 8.95. The Bertz CT molecular complexity index is 948. The van der Waals surface area contributed by atoms with E-state index in [2.05, 4.69) is 15.1 Å². The van der Waals surface area contributed by atoms with Crippen LogP contribution in [0, 0.1) is 0 Å². The minimum Gasteiger partial charge on any atom is -0.481 e. The van der Waals surface area contributed by atoms with E-state index in [9.17, 15) is 18.0 Å². The summed E-state index contributed by atoms with van der Waals surface area (Å²) < 4.78 is 42.6. The highest BCUT2D eigenvalue weighted by Gasteiger charge is 2.31. The zero-order valence-corrected chi connectivity index (χ0v) is 15.7. The number of rotatable bonds is 7. The summed E-state index contributed by atoms with van der Waals surface area (Å²) in [6.07, 6.45) is 1.03. The molecule has 0 radical (unpaired) electrons. The van der Waals surface area contributed by atoms with Gasteiger partial charge in [0.1, 0.15) is 5.56 Å². The van der Waals surface area contributed by atoms with E-state index < -0.39 is 32.8 Å². The van der Waals surface area contributed by atoms with Gasteiger partial charge in [-0.05, 0) is 6.92 Å². The van der Waals surface area contributed by atoms with E-state index >= 15 is 0 Å². The molecule has 1 N–H and O–H groups in total. The number of aryl methyl sites for hydroxylation is 1. The van der Waals surface area contributed by atoms with Crippen LogP contribution in [0.25, 0.3) is 0 Å². The maximum Gasteiger partial charge on any atom is 0.342 e. The number of methoxy groups -OCH3 is 2. The molecule has 0 fully saturated rings. The number of nitrogens with one attached hydrogen (secondary N) is 1. The van der Waals surface area contributed by atoms with Gasteiger partial charge in [-0.15, -0.1) is 0 Å². The van der Waals surface area contributed by atoms with E-state index in [1.807, 2.05) is 0 Å². The van der Waals surface area contributed by atoms with Crippen LogP contribution in [0.15, 0.2) is 17.3 Å². The molecule has 0 unspecified atom stereocenters. The number of hydrogen-bond donors (Lipinski definition) is 1. The minimum atomic E-state index is -4.49. The third-order valence-electron chi connectivity index (χ3n) is 3.16. The van der Waals surface area contributed by atoms with Crippen molar-refractivity contribution in [1.82, 2.24) is 24.5 Å². The highest BCUT2D eigenvalue weighted by molar-refractivity contribution is 7.90. The topological polar surface area (TPSA) is 152 Å². The van der Waals surface area contributed by atoms with E-state index in [4.69, 9.17) is 14.2 Å². The molecule has 146 valence electrons. The predicted molar refractivity (Wildman–Crippen MR) is 89.0 cm³/mol. The molecule has 0 aliphatic rings. The first kappa shape index (κ1) is 20.1. The molecular formula is C14H17N5O7S. The first-order valence-electron chi connectivity index (χ1n) is 7.46. The standard InChI is InChI=1S/C14H17N5O7S/c1-5-26-14(21)8-7-15-19(2)13(8)27(22,23)18-12(20)11-16-9(24-3)6-10(17-11)25-4/h6-7H,5H2,1-4H3,(H,18,20). The number of carbonyl (C=O) groups excluding carboxylic acids is 2. The molecule has 2 rings (SSSR count). The lowest BCUT2D eigenvalue weighted by Gasteiger charge is -2.09. The van der Waals surface area contributed by atoms with Crippen LogP contribution < -0.4 is 14.2 Å². The summed E-state index contributed by atoms with van der Waals surface area (Å²) in [5, 5.41) is 3.20. The maximum absolute atomic E-state index is 12.6. The third-order valence-corrected chi connectivity index (χ3v) is 4.61.